The number of hydrogen-bond donors (Lipinski definition) is 2. The van der Waals surface area contributed by atoms with Gasteiger partial charge < -0.3 is 10.6 Å². The number of para-hydroxylation sites is 1. The van der Waals surface area contributed by atoms with Crippen LogP contribution in [0.4, 0.5) is 10.5 Å². The largest absolute Gasteiger partial charge is 0.325 e. The second kappa shape index (κ2) is 7.03. The Balaban J connectivity index is 1.76. The van der Waals surface area contributed by atoms with Gasteiger partial charge in [0.1, 0.15) is 12.1 Å². The lowest BCUT2D eigenvalue weighted by Gasteiger charge is -2.22. The summed E-state index contributed by atoms with van der Waals surface area (Å²) in [6.07, 6.45) is 0. The Kier molecular flexibility index (Phi) is 4.77. The lowest BCUT2D eigenvalue weighted by atomic mass is 9.92. The number of imide groups is 1. The summed E-state index contributed by atoms with van der Waals surface area (Å²) in [5.74, 6) is -1.27. The van der Waals surface area contributed by atoms with Crippen LogP contribution in [0.1, 0.15) is 29.8 Å². The number of carbonyl (C=O) groups is 4. The topological polar surface area (TPSA) is 95.6 Å². The van der Waals surface area contributed by atoms with E-state index in [-0.39, 0.29) is 5.78 Å². The molecule has 138 valence electrons. The fourth-order valence-electron chi connectivity index (χ4n) is 3.04. The molecule has 0 aliphatic carbocycles. The molecule has 2 aromatic carbocycles. The number of Topliss-reactive ketones (excluding diaryl/α,β-unsaturated/α-hetero) is 1. The van der Waals surface area contributed by atoms with Crippen LogP contribution in [-0.4, -0.2) is 35.1 Å². The third-order valence-electron chi connectivity index (χ3n) is 4.51. The molecular weight excluding hydrogens is 346 g/mol. The normalized spacial score (nSPS) is 19.0. The summed E-state index contributed by atoms with van der Waals surface area (Å²) in [6.45, 7) is 2.55. The molecule has 0 unspecified atom stereocenters. The van der Waals surface area contributed by atoms with Crippen LogP contribution < -0.4 is 10.6 Å². The first kappa shape index (κ1) is 18.3. The van der Waals surface area contributed by atoms with E-state index in [4.69, 9.17) is 0 Å². The zero-order valence-electron chi connectivity index (χ0n) is 15.0. The van der Waals surface area contributed by atoms with Crippen LogP contribution in [0.5, 0.6) is 0 Å². The van der Waals surface area contributed by atoms with Crippen molar-refractivity contribution < 1.29 is 19.2 Å². The Labute approximate surface area is 156 Å². The number of rotatable bonds is 5. The van der Waals surface area contributed by atoms with Crippen LogP contribution in [-0.2, 0) is 15.1 Å². The van der Waals surface area contributed by atoms with Gasteiger partial charge in [-0.15, -0.1) is 0 Å². The first-order chi connectivity index (χ1) is 12.8. The summed E-state index contributed by atoms with van der Waals surface area (Å²) >= 11 is 0. The SMILES string of the molecule is CC(=O)c1ccccc1NC(=O)CN1C(=O)N[C@@](C)(c2ccccc2)C1=O. The maximum atomic E-state index is 12.8. The third-order valence-corrected chi connectivity index (χ3v) is 4.51. The summed E-state index contributed by atoms with van der Waals surface area (Å²) in [4.78, 5) is 50.0. The standard InChI is InChI=1S/C20H19N3O4/c1-13(24)15-10-6-7-11-16(15)21-17(25)12-23-18(26)20(2,22-19(23)27)14-8-4-3-5-9-14/h3-11H,12H2,1-2H3,(H,21,25)(H,22,27)/t20-/m0/s1. The highest BCUT2D eigenvalue weighted by atomic mass is 16.2. The van der Waals surface area contributed by atoms with Crippen LogP contribution in [0.25, 0.3) is 0 Å². The van der Waals surface area contributed by atoms with Gasteiger partial charge in [0.15, 0.2) is 5.78 Å². The van der Waals surface area contributed by atoms with Gasteiger partial charge in [-0.1, -0.05) is 42.5 Å². The number of urea groups is 1. The molecule has 0 bridgehead atoms. The maximum Gasteiger partial charge on any atom is 0.325 e. The van der Waals surface area contributed by atoms with Crippen LogP contribution in [0.2, 0.25) is 0 Å². The number of anilines is 1. The van der Waals surface area contributed by atoms with Gasteiger partial charge >= 0.3 is 6.03 Å². The maximum absolute atomic E-state index is 12.8. The van der Waals surface area contributed by atoms with Gasteiger partial charge in [0.2, 0.25) is 5.91 Å². The number of nitrogens with zero attached hydrogens (tertiary/aromatic N) is 1. The van der Waals surface area contributed by atoms with Gasteiger partial charge in [0.25, 0.3) is 5.91 Å². The molecule has 7 heteroatoms. The highest BCUT2D eigenvalue weighted by Crippen LogP contribution is 2.28. The molecule has 2 N–H and O–H groups in total. The zero-order chi connectivity index (χ0) is 19.6. The van der Waals surface area contributed by atoms with Crippen molar-refractivity contribution in [3.63, 3.8) is 0 Å². The molecule has 1 saturated heterocycles. The minimum atomic E-state index is -1.23. The van der Waals surface area contributed by atoms with E-state index >= 15 is 0 Å². The Morgan fingerprint density at radius 2 is 1.67 bits per heavy atom. The van der Waals surface area contributed by atoms with Gasteiger partial charge in [0, 0.05) is 5.56 Å². The van der Waals surface area contributed by atoms with E-state index in [0.717, 1.165) is 4.90 Å². The predicted molar refractivity (Wildman–Crippen MR) is 99.1 cm³/mol. The van der Waals surface area contributed by atoms with Crippen molar-refractivity contribution in [1.29, 1.82) is 0 Å². The molecular formula is C20H19N3O4. The number of ketones is 1. The van der Waals surface area contributed by atoms with E-state index in [1.807, 2.05) is 6.07 Å². The predicted octanol–water partition coefficient (Wildman–Crippen LogP) is 2.29. The molecule has 0 spiro atoms. The Hall–Kier alpha value is -3.48. The van der Waals surface area contributed by atoms with E-state index in [1.165, 1.54) is 6.92 Å². The molecule has 7 nitrogen and oxygen atoms in total. The van der Waals surface area contributed by atoms with E-state index in [9.17, 15) is 19.2 Å². The molecule has 1 aliphatic rings. The van der Waals surface area contributed by atoms with Gasteiger partial charge in [-0.2, -0.15) is 0 Å². The van der Waals surface area contributed by atoms with Gasteiger partial charge in [-0.25, -0.2) is 4.79 Å². The molecule has 3 rings (SSSR count). The highest BCUT2D eigenvalue weighted by Gasteiger charge is 2.49. The molecule has 1 heterocycles. The number of carbonyl (C=O) groups excluding carboxylic acids is 4. The van der Waals surface area contributed by atoms with Crippen molar-refractivity contribution in [1.82, 2.24) is 10.2 Å². The average molecular weight is 365 g/mol. The summed E-state index contributed by atoms with van der Waals surface area (Å²) in [6, 6.07) is 14.8. The molecule has 1 atom stereocenters. The molecule has 2 aromatic rings. The smallest absolute Gasteiger partial charge is 0.324 e. The van der Waals surface area contributed by atoms with E-state index in [2.05, 4.69) is 10.6 Å². The second-order valence-electron chi connectivity index (χ2n) is 6.46. The highest BCUT2D eigenvalue weighted by molar-refractivity contribution is 6.11. The minimum Gasteiger partial charge on any atom is -0.324 e. The van der Waals surface area contributed by atoms with Gasteiger partial charge in [-0.05, 0) is 31.5 Å². The summed E-state index contributed by atoms with van der Waals surface area (Å²) < 4.78 is 0. The second-order valence-corrected chi connectivity index (χ2v) is 6.46. The zero-order valence-corrected chi connectivity index (χ0v) is 15.0. The molecule has 0 aromatic heterocycles. The van der Waals surface area contributed by atoms with E-state index < -0.39 is 29.9 Å². The molecule has 4 amide bonds. The van der Waals surface area contributed by atoms with Crippen LogP contribution >= 0.6 is 0 Å². The van der Waals surface area contributed by atoms with E-state index in [1.54, 1.807) is 55.5 Å². The number of amides is 4. The summed E-state index contributed by atoms with van der Waals surface area (Å²) in [5.41, 5.74) is 0.105. The van der Waals surface area contributed by atoms with E-state index in [0.29, 0.717) is 16.8 Å². The first-order valence-electron chi connectivity index (χ1n) is 8.42. The number of nitrogens with one attached hydrogen (secondary N) is 2. The molecule has 0 saturated carbocycles. The Bertz CT molecular complexity index is 926. The lowest BCUT2D eigenvalue weighted by molar-refractivity contribution is -0.133. The Morgan fingerprint density at radius 3 is 2.33 bits per heavy atom. The van der Waals surface area contributed by atoms with Crippen molar-refractivity contribution in [2.45, 2.75) is 19.4 Å². The van der Waals surface area contributed by atoms with Gasteiger partial charge in [0.05, 0.1) is 5.69 Å². The van der Waals surface area contributed by atoms with Crippen molar-refractivity contribution in [2.24, 2.45) is 0 Å². The van der Waals surface area contributed by atoms with Crippen molar-refractivity contribution in [3.8, 4) is 0 Å². The lowest BCUT2D eigenvalue weighted by Crippen LogP contribution is -2.42. The molecule has 1 aliphatic heterocycles. The van der Waals surface area contributed by atoms with Crippen LogP contribution in [0.15, 0.2) is 54.6 Å². The third kappa shape index (κ3) is 3.44. The van der Waals surface area contributed by atoms with Crippen LogP contribution in [0.3, 0.4) is 0 Å². The monoisotopic (exact) mass is 365 g/mol. The number of hydrogen-bond acceptors (Lipinski definition) is 4. The molecule has 27 heavy (non-hydrogen) atoms. The number of benzene rings is 2. The van der Waals surface area contributed by atoms with Crippen molar-refractivity contribution in [3.05, 3.63) is 65.7 Å². The Morgan fingerprint density at radius 1 is 1.04 bits per heavy atom. The first-order valence-corrected chi connectivity index (χ1v) is 8.42. The fraction of sp³-hybridized carbons (Fsp3) is 0.200. The van der Waals surface area contributed by atoms with Gasteiger partial charge in [-0.3, -0.25) is 19.3 Å². The summed E-state index contributed by atoms with van der Waals surface area (Å²) in [5, 5.41) is 5.24. The van der Waals surface area contributed by atoms with Crippen molar-refractivity contribution >= 4 is 29.3 Å². The van der Waals surface area contributed by atoms with Crippen LogP contribution in [0, 0.1) is 0 Å². The molecule has 0 radical (unpaired) electrons. The minimum absolute atomic E-state index is 0.197. The average Bonchev–Trinajstić information content (AvgIpc) is 2.87. The molecule has 1 fully saturated rings. The quantitative estimate of drug-likeness (QED) is 0.628. The van der Waals surface area contributed by atoms with Crippen molar-refractivity contribution in [2.75, 3.05) is 11.9 Å². The fourth-order valence-corrected chi connectivity index (χ4v) is 3.04. The summed E-state index contributed by atoms with van der Waals surface area (Å²) in [7, 11) is 0.